The number of nitrogens with zero attached hydrogens (tertiary/aromatic N) is 1. The van der Waals surface area contributed by atoms with Gasteiger partial charge in [-0.05, 0) is 37.0 Å². The molecule has 1 heterocycles. The minimum atomic E-state index is -3.89. The van der Waals surface area contributed by atoms with Crippen molar-refractivity contribution in [3.8, 4) is 0 Å². The van der Waals surface area contributed by atoms with Crippen molar-refractivity contribution >= 4 is 16.0 Å². The summed E-state index contributed by atoms with van der Waals surface area (Å²) in [6, 6.07) is 15.7. The van der Waals surface area contributed by atoms with Crippen molar-refractivity contribution in [2.24, 2.45) is 0 Å². The van der Waals surface area contributed by atoms with Gasteiger partial charge in [-0.15, -0.1) is 0 Å². The van der Waals surface area contributed by atoms with Crippen molar-refractivity contribution in [3.05, 3.63) is 65.7 Å². The van der Waals surface area contributed by atoms with E-state index in [0.717, 1.165) is 18.4 Å². The number of sulfonamides is 1. The Bertz CT molecular complexity index is 882. The monoisotopic (exact) mass is 389 g/mol. The summed E-state index contributed by atoms with van der Waals surface area (Å²) < 4.78 is 38.6. The molecule has 2 aromatic carbocycles. The first-order valence-corrected chi connectivity index (χ1v) is 10.3. The van der Waals surface area contributed by atoms with E-state index in [0.29, 0.717) is 19.6 Å². The fraction of sp³-hybridized carbons (Fsp3) is 0.350. The molecular weight excluding hydrogens is 366 g/mol. The second-order valence-electron chi connectivity index (χ2n) is 6.35. The number of benzene rings is 2. The standard InChI is InChI=1S/C20H23NO5S/c1-25-20(22)17-11-5-6-12-18(17)27(23,24)21-14-8-7-13-19(21)26-15-16-9-3-2-4-10-16/h2-6,9-12,19H,7-8,13-15H2,1H3. The van der Waals surface area contributed by atoms with Gasteiger partial charge in [0.25, 0.3) is 0 Å². The van der Waals surface area contributed by atoms with Gasteiger partial charge in [-0.2, -0.15) is 4.31 Å². The molecule has 144 valence electrons. The van der Waals surface area contributed by atoms with Crippen LogP contribution in [0.2, 0.25) is 0 Å². The smallest absolute Gasteiger partial charge is 0.339 e. The van der Waals surface area contributed by atoms with E-state index in [9.17, 15) is 13.2 Å². The Morgan fingerprint density at radius 1 is 1.07 bits per heavy atom. The maximum atomic E-state index is 13.3. The summed E-state index contributed by atoms with van der Waals surface area (Å²) in [6.07, 6.45) is 1.70. The normalized spacial score (nSPS) is 18.2. The number of methoxy groups -OCH3 is 1. The number of rotatable bonds is 6. The fourth-order valence-electron chi connectivity index (χ4n) is 3.18. The van der Waals surface area contributed by atoms with Crippen LogP contribution in [-0.4, -0.2) is 38.6 Å². The van der Waals surface area contributed by atoms with Crippen LogP contribution in [0.1, 0.15) is 35.2 Å². The number of ether oxygens (including phenoxy) is 2. The van der Waals surface area contributed by atoms with Crippen molar-refractivity contribution in [2.75, 3.05) is 13.7 Å². The summed E-state index contributed by atoms with van der Waals surface area (Å²) in [6.45, 7) is 0.688. The van der Waals surface area contributed by atoms with E-state index in [2.05, 4.69) is 0 Å². The highest BCUT2D eigenvalue weighted by atomic mass is 32.2. The second-order valence-corrected chi connectivity index (χ2v) is 8.21. The molecule has 0 spiro atoms. The Morgan fingerprint density at radius 2 is 1.78 bits per heavy atom. The minimum absolute atomic E-state index is 0.0346. The van der Waals surface area contributed by atoms with Crippen LogP contribution in [-0.2, 0) is 26.1 Å². The van der Waals surface area contributed by atoms with Crippen LogP contribution in [0.5, 0.6) is 0 Å². The average molecular weight is 389 g/mol. The predicted molar refractivity (Wildman–Crippen MR) is 101 cm³/mol. The molecule has 0 amide bonds. The molecular formula is C20H23NO5S. The van der Waals surface area contributed by atoms with Gasteiger partial charge in [0, 0.05) is 6.54 Å². The molecule has 0 saturated carbocycles. The first kappa shape index (κ1) is 19.5. The SMILES string of the molecule is COC(=O)c1ccccc1S(=O)(=O)N1CCCCC1OCc1ccccc1. The molecule has 2 aromatic rings. The van der Waals surface area contributed by atoms with Crippen LogP contribution in [0.15, 0.2) is 59.5 Å². The number of hydrogen-bond donors (Lipinski definition) is 0. The van der Waals surface area contributed by atoms with Gasteiger partial charge in [-0.3, -0.25) is 0 Å². The van der Waals surface area contributed by atoms with Crippen LogP contribution < -0.4 is 0 Å². The molecule has 0 aliphatic carbocycles. The van der Waals surface area contributed by atoms with Crippen LogP contribution in [0.4, 0.5) is 0 Å². The van der Waals surface area contributed by atoms with Crippen molar-refractivity contribution in [3.63, 3.8) is 0 Å². The van der Waals surface area contributed by atoms with Crippen molar-refractivity contribution in [2.45, 2.75) is 37.0 Å². The van der Waals surface area contributed by atoms with Gasteiger partial charge in [-0.25, -0.2) is 13.2 Å². The molecule has 1 aliphatic heterocycles. The zero-order chi connectivity index (χ0) is 19.3. The Labute approximate surface area is 159 Å². The molecule has 3 rings (SSSR count). The van der Waals surface area contributed by atoms with E-state index in [1.165, 1.54) is 23.5 Å². The third-order valence-electron chi connectivity index (χ3n) is 4.56. The number of piperidine rings is 1. The first-order valence-electron chi connectivity index (χ1n) is 8.89. The van der Waals surface area contributed by atoms with Crippen LogP contribution >= 0.6 is 0 Å². The van der Waals surface area contributed by atoms with E-state index in [1.807, 2.05) is 30.3 Å². The third kappa shape index (κ3) is 4.37. The molecule has 0 N–H and O–H groups in total. The highest BCUT2D eigenvalue weighted by molar-refractivity contribution is 7.89. The number of esters is 1. The lowest BCUT2D eigenvalue weighted by atomic mass is 10.1. The third-order valence-corrected chi connectivity index (χ3v) is 6.51. The van der Waals surface area contributed by atoms with Gasteiger partial charge in [0.1, 0.15) is 6.23 Å². The largest absolute Gasteiger partial charge is 0.465 e. The quantitative estimate of drug-likeness (QED) is 0.710. The van der Waals surface area contributed by atoms with Gasteiger partial charge in [-0.1, -0.05) is 42.5 Å². The van der Waals surface area contributed by atoms with E-state index in [-0.39, 0.29) is 10.5 Å². The van der Waals surface area contributed by atoms with Gasteiger partial charge in [0.05, 0.1) is 24.2 Å². The van der Waals surface area contributed by atoms with Crippen LogP contribution in [0, 0.1) is 0 Å². The molecule has 1 atom stereocenters. The molecule has 1 fully saturated rings. The summed E-state index contributed by atoms with van der Waals surface area (Å²) in [5, 5.41) is 0. The summed E-state index contributed by atoms with van der Waals surface area (Å²) in [5.41, 5.74) is 1.02. The lowest BCUT2D eigenvalue weighted by molar-refractivity contribution is -0.0486. The summed E-state index contributed by atoms with van der Waals surface area (Å²) in [5.74, 6) is -0.673. The van der Waals surface area contributed by atoms with E-state index < -0.39 is 22.2 Å². The first-order chi connectivity index (χ1) is 13.0. The lowest BCUT2D eigenvalue weighted by Crippen LogP contribution is -2.45. The van der Waals surface area contributed by atoms with Crippen molar-refractivity contribution in [1.29, 1.82) is 0 Å². The maximum absolute atomic E-state index is 13.3. The Balaban J connectivity index is 1.86. The van der Waals surface area contributed by atoms with Crippen molar-refractivity contribution in [1.82, 2.24) is 4.31 Å². The van der Waals surface area contributed by atoms with E-state index in [1.54, 1.807) is 12.1 Å². The number of carbonyl (C=O) groups is 1. The predicted octanol–water partition coefficient (Wildman–Crippen LogP) is 3.19. The van der Waals surface area contributed by atoms with Crippen LogP contribution in [0.25, 0.3) is 0 Å². The van der Waals surface area contributed by atoms with Gasteiger partial charge < -0.3 is 9.47 Å². The highest BCUT2D eigenvalue weighted by Gasteiger charge is 2.36. The summed E-state index contributed by atoms with van der Waals surface area (Å²) in [4.78, 5) is 12.0. The van der Waals surface area contributed by atoms with Gasteiger partial charge in [0.15, 0.2) is 0 Å². The number of carbonyl (C=O) groups excluding carboxylic acids is 1. The van der Waals surface area contributed by atoms with E-state index in [4.69, 9.17) is 9.47 Å². The van der Waals surface area contributed by atoms with E-state index >= 15 is 0 Å². The Morgan fingerprint density at radius 3 is 2.52 bits per heavy atom. The number of hydrogen-bond acceptors (Lipinski definition) is 5. The summed E-state index contributed by atoms with van der Waals surface area (Å²) >= 11 is 0. The van der Waals surface area contributed by atoms with Crippen LogP contribution in [0.3, 0.4) is 0 Å². The molecule has 6 nitrogen and oxygen atoms in total. The molecule has 1 unspecified atom stereocenters. The Kier molecular flexibility index (Phi) is 6.26. The van der Waals surface area contributed by atoms with Gasteiger partial charge >= 0.3 is 5.97 Å². The fourth-order valence-corrected chi connectivity index (χ4v) is 4.96. The lowest BCUT2D eigenvalue weighted by Gasteiger charge is -2.34. The molecule has 7 heteroatoms. The summed E-state index contributed by atoms with van der Waals surface area (Å²) in [7, 11) is -2.66. The zero-order valence-corrected chi connectivity index (χ0v) is 16.0. The van der Waals surface area contributed by atoms with Crippen molar-refractivity contribution < 1.29 is 22.7 Å². The molecule has 0 radical (unpaired) electrons. The second kappa shape index (κ2) is 8.65. The molecule has 1 saturated heterocycles. The minimum Gasteiger partial charge on any atom is -0.465 e. The molecule has 0 aromatic heterocycles. The maximum Gasteiger partial charge on any atom is 0.339 e. The topological polar surface area (TPSA) is 72.9 Å². The molecule has 1 aliphatic rings. The molecule has 0 bridgehead atoms. The van der Waals surface area contributed by atoms with Gasteiger partial charge in [0.2, 0.25) is 10.0 Å². The highest BCUT2D eigenvalue weighted by Crippen LogP contribution is 2.28. The Hall–Kier alpha value is -2.22. The average Bonchev–Trinajstić information content (AvgIpc) is 2.72. The molecule has 27 heavy (non-hydrogen) atoms. The zero-order valence-electron chi connectivity index (χ0n) is 15.2.